The van der Waals surface area contributed by atoms with Gasteiger partial charge in [-0.15, -0.1) is 0 Å². The van der Waals surface area contributed by atoms with Crippen LogP contribution in [0.15, 0.2) is 54.7 Å². The number of fused-ring (bicyclic) bond motifs is 1. The smallest absolute Gasteiger partial charge is 0.229 e. The first kappa shape index (κ1) is 23.4. The van der Waals surface area contributed by atoms with Crippen molar-refractivity contribution in [1.29, 1.82) is 0 Å². The lowest BCUT2D eigenvalue weighted by atomic mass is 9.97. The largest absolute Gasteiger partial charge is 0.386 e. The summed E-state index contributed by atoms with van der Waals surface area (Å²) in [6.07, 6.45) is 4.27. The van der Waals surface area contributed by atoms with Gasteiger partial charge in [0.25, 0.3) is 0 Å². The predicted molar refractivity (Wildman–Crippen MR) is 151 cm³/mol. The fourth-order valence-corrected chi connectivity index (χ4v) is 5.59. The quantitative estimate of drug-likeness (QED) is 0.406. The molecule has 3 aromatic heterocycles. The standard InChI is InChI=1S/C29H34N8O/c1-29(38)18-36(19-29)25-4-3-5-26(32-25)37-24(20-6-7-20)16-21-17-30-28(33-27(21)37)31-22-8-10-23(11-9-22)35-14-12-34(2)13-15-35/h3-5,8-11,16-17,20,38H,6-7,12-15,18-19H2,1-2H3,(H,30,31,33). The molecule has 9 nitrogen and oxygen atoms in total. The molecule has 2 saturated heterocycles. The van der Waals surface area contributed by atoms with Crippen LogP contribution in [0.2, 0.25) is 0 Å². The molecular weight excluding hydrogens is 476 g/mol. The lowest BCUT2D eigenvalue weighted by molar-refractivity contribution is 0.0305. The molecule has 9 heteroatoms. The normalized spacial score (nSPS) is 19.6. The second kappa shape index (κ2) is 8.96. The van der Waals surface area contributed by atoms with Crippen molar-refractivity contribution in [2.75, 3.05) is 61.4 Å². The molecule has 4 aromatic rings. The van der Waals surface area contributed by atoms with Crippen LogP contribution < -0.4 is 15.1 Å². The Hall–Kier alpha value is -3.69. The van der Waals surface area contributed by atoms with Crippen LogP contribution in [0.5, 0.6) is 0 Å². The van der Waals surface area contributed by atoms with Crippen molar-refractivity contribution in [3.8, 4) is 5.82 Å². The van der Waals surface area contributed by atoms with E-state index in [-0.39, 0.29) is 0 Å². The molecule has 0 atom stereocenters. The van der Waals surface area contributed by atoms with Crippen LogP contribution in [0.4, 0.5) is 23.1 Å². The van der Waals surface area contributed by atoms with E-state index in [0.29, 0.717) is 25.0 Å². The van der Waals surface area contributed by atoms with Crippen molar-refractivity contribution in [1.82, 2.24) is 24.4 Å². The molecule has 0 spiro atoms. The maximum Gasteiger partial charge on any atom is 0.229 e. The first-order valence-corrected chi connectivity index (χ1v) is 13.6. The SMILES string of the molecule is CN1CCN(c2ccc(Nc3ncc4cc(C5CC5)n(-c5cccc(N6CC(C)(O)C6)n5)c4n3)cc2)CC1. The number of hydrogen-bond acceptors (Lipinski definition) is 8. The molecule has 0 radical (unpaired) electrons. The van der Waals surface area contributed by atoms with Crippen LogP contribution >= 0.6 is 0 Å². The summed E-state index contributed by atoms with van der Waals surface area (Å²) in [5, 5.41) is 14.6. The van der Waals surface area contributed by atoms with Gasteiger partial charge in [-0.2, -0.15) is 4.98 Å². The van der Waals surface area contributed by atoms with E-state index in [0.717, 1.165) is 54.5 Å². The van der Waals surface area contributed by atoms with E-state index in [1.165, 1.54) is 24.2 Å². The third-order valence-electron chi connectivity index (χ3n) is 7.89. The summed E-state index contributed by atoms with van der Waals surface area (Å²) in [6, 6.07) is 16.8. The van der Waals surface area contributed by atoms with Gasteiger partial charge in [0.1, 0.15) is 11.6 Å². The molecule has 0 bridgehead atoms. The number of pyridine rings is 1. The predicted octanol–water partition coefficient (Wildman–Crippen LogP) is 3.76. The zero-order valence-corrected chi connectivity index (χ0v) is 22.0. The molecule has 1 aliphatic carbocycles. The van der Waals surface area contributed by atoms with E-state index in [4.69, 9.17) is 9.97 Å². The second-order valence-corrected chi connectivity index (χ2v) is 11.3. The van der Waals surface area contributed by atoms with E-state index in [2.05, 4.69) is 66.9 Å². The Balaban J connectivity index is 1.18. The van der Waals surface area contributed by atoms with E-state index >= 15 is 0 Å². The summed E-state index contributed by atoms with van der Waals surface area (Å²) in [7, 11) is 2.18. The van der Waals surface area contributed by atoms with Crippen LogP contribution in [0, 0.1) is 0 Å². The van der Waals surface area contributed by atoms with Gasteiger partial charge in [0.05, 0.1) is 5.60 Å². The first-order valence-electron chi connectivity index (χ1n) is 13.6. The summed E-state index contributed by atoms with van der Waals surface area (Å²) in [4.78, 5) is 21.5. The number of rotatable bonds is 6. The van der Waals surface area contributed by atoms with Crippen LogP contribution in [-0.2, 0) is 0 Å². The molecule has 196 valence electrons. The number of β-amino-alcohol motifs (C(OH)–C–C–N with tert-alkyl or cyclic N) is 1. The molecule has 2 N–H and O–H groups in total. The number of aromatic nitrogens is 4. The summed E-state index contributed by atoms with van der Waals surface area (Å²) >= 11 is 0. The van der Waals surface area contributed by atoms with E-state index in [1.54, 1.807) is 0 Å². The van der Waals surface area contributed by atoms with Gasteiger partial charge in [-0.3, -0.25) is 4.57 Å². The maximum atomic E-state index is 10.2. The van der Waals surface area contributed by atoms with Gasteiger partial charge in [0, 0.05) is 67.9 Å². The number of likely N-dealkylation sites (N-methyl/N-ethyl adjacent to an activating group) is 1. The summed E-state index contributed by atoms with van der Waals surface area (Å²) in [5.74, 6) is 2.83. The summed E-state index contributed by atoms with van der Waals surface area (Å²) < 4.78 is 2.19. The third-order valence-corrected chi connectivity index (χ3v) is 7.89. The Morgan fingerprint density at radius 1 is 0.921 bits per heavy atom. The first-order chi connectivity index (χ1) is 18.4. The summed E-state index contributed by atoms with van der Waals surface area (Å²) in [5.41, 5.74) is 3.67. The maximum absolute atomic E-state index is 10.2. The second-order valence-electron chi connectivity index (χ2n) is 11.3. The number of benzene rings is 1. The minimum Gasteiger partial charge on any atom is -0.386 e. The molecule has 5 heterocycles. The van der Waals surface area contributed by atoms with Crippen molar-refractivity contribution < 1.29 is 5.11 Å². The fourth-order valence-electron chi connectivity index (χ4n) is 5.59. The highest BCUT2D eigenvalue weighted by atomic mass is 16.3. The lowest BCUT2D eigenvalue weighted by Gasteiger charge is -2.45. The minimum absolute atomic E-state index is 0.526. The molecule has 0 amide bonds. The number of hydrogen-bond donors (Lipinski definition) is 2. The Morgan fingerprint density at radius 2 is 1.66 bits per heavy atom. The lowest BCUT2D eigenvalue weighted by Crippen LogP contribution is -2.60. The molecular formula is C29H34N8O. The number of anilines is 4. The van der Waals surface area contributed by atoms with Crippen molar-refractivity contribution >= 4 is 34.2 Å². The highest BCUT2D eigenvalue weighted by Gasteiger charge is 2.37. The van der Waals surface area contributed by atoms with Gasteiger partial charge >= 0.3 is 0 Å². The Morgan fingerprint density at radius 3 is 2.37 bits per heavy atom. The minimum atomic E-state index is -0.645. The van der Waals surface area contributed by atoms with Crippen molar-refractivity contribution in [3.63, 3.8) is 0 Å². The van der Waals surface area contributed by atoms with Gasteiger partial charge in [0.2, 0.25) is 5.95 Å². The Labute approximate surface area is 222 Å². The molecule has 0 unspecified atom stereocenters. The highest BCUT2D eigenvalue weighted by Crippen LogP contribution is 2.43. The Kier molecular flexibility index (Phi) is 5.52. The van der Waals surface area contributed by atoms with Gasteiger partial charge in [-0.25, -0.2) is 9.97 Å². The molecule has 2 aliphatic heterocycles. The summed E-state index contributed by atoms with van der Waals surface area (Å²) in [6.45, 7) is 7.33. The van der Waals surface area contributed by atoms with E-state index in [1.807, 2.05) is 31.3 Å². The molecule has 1 saturated carbocycles. The zero-order chi connectivity index (χ0) is 25.9. The third kappa shape index (κ3) is 4.46. The number of nitrogens with zero attached hydrogens (tertiary/aromatic N) is 7. The van der Waals surface area contributed by atoms with Crippen molar-refractivity contribution in [2.45, 2.75) is 31.3 Å². The van der Waals surface area contributed by atoms with Gasteiger partial charge in [-0.05, 0) is 75.2 Å². The average Bonchev–Trinajstić information content (AvgIpc) is 3.68. The van der Waals surface area contributed by atoms with Crippen LogP contribution in [-0.4, -0.2) is 81.4 Å². The van der Waals surface area contributed by atoms with E-state index < -0.39 is 5.60 Å². The van der Waals surface area contributed by atoms with Crippen LogP contribution in [0.1, 0.15) is 31.4 Å². The van der Waals surface area contributed by atoms with Crippen molar-refractivity contribution in [2.24, 2.45) is 0 Å². The van der Waals surface area contributed by atoms with Gasteiger partial charge in [-0.1, -0.05) is 6.07 Å². The monoisotopic (exact) mass is 510 g/mol. The highest BCUT2D eigenvalue weighted by molar-refractivity contribution is 5.80. The fraction of sp³-hybridized carbons (Fsp3) is 0.414. The molecule has 7 rings (SSSR count). The Bertz CT molecular complexity index is 1460. The molecule has 3 fully saturated rings. The average molecular weight is 511 g/mol. The molecule has 1 aromatic carbocycles. The van der Waals surface area contributed by atoms with Gasteiger partial charge in [0.15, 0.2) is 5.65 Å². The molecule has 38 heavy (non-hydrogen) atoms. The number of nitrogens with one attached hydrogen (secondary N) is 1. The number of aliphatic hydroxyl groups is 1. The number of piperazine rings is 1. The van der Waals surface area contributed by atoms with E-state index in [9.17, 15) is 5.11 Å². The molecule has 3 aliphatic rings. The topological polar surface area (TPSA) is 85.6 Å². The van der Waals surface area contributed by atoms with Crippen LogP contribution in [0.25, 0.3) is 16.9 Å². The van der Waals surface area contributed by atoms with Gasteiger partial charge < -0.3 is 25.1 Å². The van der Waals surface area contributed by atoms with Crippen molar-refractivity contribution in [3.05, 3.63) is 60.4 Å². The van der Waals surface area contributed by atoms with Crippen LogP contribution in [0.3, 0.4) is 0 Å². The zero-order valence-electron chi connectivity index (χ0n) is 22.0.